The summed E-state index contributed by atoms with van der Waals surface area (Å²) in [6.45, 7) is 3.27. The Morgan fingerprint density at radius 2 is 1.50 bits per heavy atom. The Kier molecular flexibility index (Phi) is 12.0. The maximum absolute atomic E-state index is 11.2. The molecule has 14 unspecified atom stereocenters. The third-order valence-corrected chi connectivity index (χ3v) is 8.71. The number of rotatable bonds is 10. The molecule has 234 valence electrons. The first-order valence-electron chi connectivity index (χ1n) is 14.7. The van der Waals surface area contributed by atoms with Gasteiger partial charge >= 0.3 is 0 Å². The highest BCUT2D eigenvalue weighted by atomic mass is 16.7. The number of ether oxygens (including phenoxy) is 6. The molecule has 0 amide bonds. The zero-order valence-electron chi connectivity index (χ0n) is 23.4. The van der Waals surface area contributed by atoms with Crippen LogP contribution in [0.2, 0.25) is 0 Å². The van der Waals surface area contributed by atoms with Crippen LogP contribution in [0.25, 0.3) is 0 Å². The predicted octanol–water partition coefficient (Wildman–Crippen LogP) is -1.48. The molecule has 13 heteroatoms. The van der Waals surface area contributed by atoms with Gasteiger partial charge in [0.25, 0.3) is 0 Å². The lowest BCUT2D eigenvalue weighted by Crippen LogP contribution is -2.63. The van der Waals surface area contributed by atoms with Gasteiger partial charge in [0.05, 0.1) is 31.0 Å². The van der Waals surface area contributed by atoms with E-state index in [1.165, 1.54) is 19.3 Å². The normalized spacial score (nSPS) is 46.3. The van der Waals surface area contributed by atoms with Gasteiger partial charge in [-0.2, -0.15) is 0 Å². The summed E-state index contributed by atoms with van der Waals surface area (Å²) in [5.74, 6) is 0.534. The fraction of sp³-hybridized carbons (Fsp3) is 1.00. The lowest BCUT2D eigenvalue weighted by Gasteiger charge is -2.47. The smallest absolute Gasteiger partial charge is 0.187 e. The number of hydrogen-bond acceptors (Lipinski definition) is 13. The van der Waals surface area contributed by atoms with E-state index in [0.717, 1.165) is 19.3 Å². The van der Waals surface area contributed by atoms with Gasteiger partial charge in [-0.05, 0) is 32.6 Å². The van der Waals surface area contributed by atoms with Crippen molar-refractivity contribution in [3.05, 3.63) is 0 Å². The van der Waals surface area contributed by atoms with Crippen LogP contribution in [0.5, 0.6) is 0 Å². The maximum atomic E-state index is 11.2. The van der Waals surface area contributed by atoms with Crippen molar-refractivity contribution in [1.82, 2.24) is 0 Å². The summed E-state index contributed by atoms with van der Waals surface area (Å²) >= 11 is 0. The van der Waals surface area contributed by atoms with Crippen LogP contribution in [0.4, 0.5) is 0 Å². The van der Waals surface area contributed by atoms with Crippen molar-refractivity contribution in [2.75, 3.05) is 19.8 Å². The number of aliphatic hydroxyl groups is 6. The van der Waals surface area contributed by atoms with Crippen LogP contribution in [0.15, 0.2) is 0 Å². The number of aliphatic hydroxyl groups excluding tert-OH is 6. The Balaban J connectivity index is 1.45. The highest BCUT2D eigenvalue weighted by molar-refractivity contribution is 4.94. The van der Waals surface area contributed by atoms with Crippen molar-refractivity contribution in [1.29, 1.82) is 0 Å². The SMILES string of the molecule is CC(CC1CCCCC1)OC1C(O)C(CO)OC(OC2CCOC(CN)C2OC2OC(C)C(O)C(O)C2O)C1O. The predicted molar refractivity (Wildman–Crippen MR) is 139 cm³/mol. The second kappa shape index (κ2) is 14.8. The van der Waals surface area contributed by atoms with E-state index < -0.39 is 86.3 Å². The Labute approximate surface area is 235 Å². The third kappa shape index (κ3) is 7.51. The van der Waals surface area contributed by atoms with Crippen LogP contribution < -0.4 is 5.73 Å². The second-order valence-electron chi connectivity index (χ2n) is 11.7. The summed E-state index contributed by atoms with van der Waals surface area (Å²) in [5.41, 5.74) is 5.93. The van der Waals surface area contributed by atoms with Crippen LogP contribution >= 0.6 is 0 Å². The van der Waals surface area contributed by atoms with Crippen molar-refractivity contribution in [2.24, 2.45) is 11.7 Å². The zero-order valence-corrected chi connectivity index (χ0v) is 23.4. The van der Waals surface area contributed by atoms with E-state index in [1.54, 1.807) is 6.92 Å². The van der Waals surface area contributed by atoms with Gasteiger partial charge in [0.2, 0.25) is 0 Å². The Morgan fingerprint density at radius 3 is 2.17 bits per heavy atom. The quantitative estimate of drug-likeness (QED) is 0.158. The van der Waals surface area contributed by atoms with Crippen LogP contribution in [-0.4, -0.2) is 136 Å². The Bertz CT molecular complexity index is 759. The van der Waals surface area contributed by atoms with Gasteiger partial charge in [-0.1, -0.05) is 32.1 Å². The molecule has 0 aromatic rings. The first kappa shape index (κ1) is 32.4. The van der Waals surface area contributed by atoms with E-state index in [-0.39, 0.29) is 19.3 Å². The monoisotopic (exact) mass is 579 g/mol. The van der Waals surface area contributed by atoms with Crippen molar-refractivity contribution in [3.8, 4) is 0 Å². The van der Waals surface area contributed by atoms with Crippen LogP contribution in [0.3, 0.4) is 0 Å². The van der Waals surface area contributed by atoms with Gasteiger partial charge in [-0.3, -0.25) is 0 Å². The molecule has 13 nitrogen and oxygen atoms in total. The van der Waals surface area contributed by atoms with Gasteiger partial charge in [-0.15, -0.1) is 0 Å². The summed E-state index contributed by atoms with van der Waals surface area (Å²) in [7, 11) is 0. The molecule has 14 atom stereocenters. The average molecular weight is 580 g/mol. The largest absolute Gasteiger partial charge is 0.394 e. The van der Waals surface area contributed by atoms with Gasteiger partial charge in [0.1, 0.15) is 48.8 Å². The molecule has 4 fully saturated rings. The molecule has 0 aromatic carbocycles. The first-order chi connectivity index (χ1) is 19.1. The Morgan fingerprint density at radius 1 is 0.800 bits per heavy atom. The average Bonchev–Trinajstić information content (AvgIpc) is 2.95. The maximum Gasteiger partial charge on any atom is 0.187 e. The summed E-state index contributed by atoms with van der Waals surface area (Å²) in [5, 5.41) is 62.7. The molecule has 0 radical (unpaired) electrons. The lowest BCUT2D eigenvalue weighted by atomic mass is 9.85. The van der Waals surface area contributed by atoms with E-state index in [4.69, 9.17) is 34.2 Å². The molecule has 3 heterocycles. The highest BCUT2D eigenvalue weighted by Gasteiger charge is 2.50. The zero-order chi connectivity index (χ0) is 29.0. The fourth-order valence-electron chi connectivity index (χ4n) is 6.35. The summed E-state index contributed by atoms with van der Waals surface area (Å²) in [6.07, 6.45) is -7.98. The topological polar surface area (TPSA) is 203 Å². The van der Waals surface area contributed by atoms with E-state index in [9.17, 15) is 30.6 Å². The molecule has 8 N–H and O–H groups in total. The number of nitrogens with two attached hydrogens (primary N) is 1. The van der Waals surface area contributed by atoms with E-state index in [1.807, 2.05) is 6.92 Å². The van der Waals surface area contributed by atoms with Gasteiger partial charge in [0.15, 0.2) is 12.6 Å². The molecular weight excluding hydrogens is 530 g/mol. The summed E-state index contributed by atoms with van der Waals surface area (Å²) in [4.78, 5) is 0. The molecule has 1 saturated carbocycles. The minimum atomic E-state index is -1.54. The van der Waals surface area contributed by atoms with E-state index in [2.05, 4.69) is 0 Å². The molecule has 0 aromatic heterocycles. The van der Waals surface area contributed by atoms with Gasteiger partial charge in [-0.25, -0.2) is 0 Å². The van der Waals surface area contributed by atoms with Crippen molar-refractivity contribution in [2.45, 2.75) is 145 Å². The molecule has 1 aliphatic carbocycles. The van der Waals surface area contributed by atoms with Crippen LogP contribution in [0.1, 0.15) is 58.8 Å². The van der Waals surface area contributed by atoms with E-state index >= 15 is 0 Å². The van der Waals surface area contributed by atoms with Crippen LogP contribution in [-0.2, 0) is 28.4 Å². The molecular formula is C27H49NO12. The Hall–Kier alpha value is -0.520. The van der Waals surface area contributed by atoms with Gasteiger partial charge < -0.3 is 64.8 Å². The molecule has 0 bridgehead atoms. The third-order valence-electron chi connectivity index (χ3n) is 8.71. The standard InChI is InChI=1S/C27H49NO12/c1-13(10-15-6-4-3-5-7-15)36-25-20(31)18(12-29)39-27(23(25)34)38-16-8-9-35-17(11-28)24(16)40-26-22(33)21(32)19(30)14(2)37-26/h13-27,29-34H,3-12,28H2,1-2H3. The van der Waals surface area contributed by atoms with E-state index in [0.29, 0.717) is 12.3 Å². The highest BCUT2D eigenvalue weighted by Crippen LogP contribution is 2.33. The second-order valence-corrected chi connectivity index (χ2v) is 11.7. The molecule has 0 spiro atoms. The van der Waals surface area contributed by atoms with Crippen molar-refractivity contribution < 1.29 is 59.1 Å². The fourth-order valence-corrected chi connectivity index (χ4v) is 6.35. The van der Waals surface area contributed by atoms with Gasteiger partial charge in [0, 0.05) is 13.2 Å². The van der Waals surface area contributed by atoms with Crippen LogP contribution in [0, 0.1) is 5.92 Å². The van der Waals surface area contributed by atoms with Crippen molar-refractivity contribution in [3.63, 3.8) is 0 Å². The molecule has 4 aliphatic rings. The molecule has 3 saturated heterocycles. The first-order valence-corrected chi connectivity index (χ1v) is 14.7. The molecule has 4 rings (SSSR count). The lowest BCUT2D eigenvalue weighted by molar-refractivity contribution is -0.355. The summed E-state index contributed by atoms with van der Waals surface area (Å²) in [6, 6.07) is 0. The minimum absolute atomic E-state index is 0.0462. The van der Waals surface area contributed by atoms with Crippen molar-refractivity contribution >= 4 is 0 Å². The minimum Gasteiger partial charge on any atom is -0.394 e. The molecule has 40 heavy (non-hydrogen) atoms. The molecule has 3 aliphatic heterocycles. The number of hydrogen-bond donors (Lipinski definition) is 7. The summed E-state index contributed by atoms with van der Waals surface area (Å²) < 4.78 is 35.5.